The van der Waals surface area contributed by atoms with Crippen molar-refractivity contribution in [1.29, 1.82) is 0 Å². The van der Waals surface area contributed by atoms with Gasteiger partial charge in [-0.2, -0.15) is 0 Å². The molecule has 1 aliphatic rings. The average Bonchev–Trinajstić information content (AvgIpc) is 3.05. The number of likely N-dealkylation sites (tertiary alicyclic amines) is 1. The molecule has 2 unspecified atom stereocenters. The van der Waals surface area contributed by atoms with Crippen LogP contribution in [-0.4, -0.2) is 88.7 Å². The van der Waals surface area contributed by atoms with E-state index in [4.69, 9.17) is 14.2 Å². The van der Waals surface area contributed by atoms with Crippen molar-refractivity contribution in [3.63, 3.8) is 0 Å². The number of hydrogen-bond donors (Lipinski definition) is 1. The van der Waals surface area contributed by atoms with Crippen LogP contribution in [0.1, 0.15) is 43.3 Å². The molecular weight excluding hydrogens is 556 g/mol. The molecule has 1 saturated heterocycles. The maximum Gasteiger partial charge on any atom is 0.246 e. The van der Waals surface area contributed by atoms with Gasteiger partial charge >= 0.3 is 0 Å². The lowest BCUT2D eigenvalue weighted by Crippen LogP contribution is -2.52. The predicted octanol–water partition coefficient (Wildman–Crippen LogP) is 4.50. The maximum atomic E-state index is 14.2. The Morgan fingerprint density at radius 3 is 1.91 bits per heavy atom. The van der Waals surface area contributed by atoms with Gasteiger partial charge in [-0.05, 0) is 30.5 Å². The zero-order valence-electron chi connectivity index (χ0n) is 26.0. The fourth-order valence-electron chi connectivity index (χ4n) is 5.95. The summed E-state index contributed by atoms with van der Waals surface area (Å²) in [6.45, 7) is 7.62. The minimum atomic E-state index is -0.443. The summed E-state index contributed by atoms with van der Waals surface area (Å²) in [5.74, 6) is -1.35. The zero-order valence-corrected chi connectivity index (χ0v) is 26.0. The molecule has 0 saturated carbocycles. The maximum absolute atomic E-state index is 14.2. The number of nitrogens with one attached hydrogen (secondary N) is 1. The highest BCUT2D eigenvalue weighted by Crippen LogP contribution is 2.42. The molecule has 0 radical (unpaired) electrons. The number of ether oxygens (including phenoxy) is 3. The number of aryl methyl sites for hydroxylation is 1. The molecule has 0 aliphatic carbocycles. The molecule has 1 heterocycles. The lowest BCUT2D eigenvalue weighted by Gasteiger charge is -2.43. The Morgan fingerprint density at radius 1 is 0.750 bits per heavy atom. The van der Waals surface area contributed by atoms with Crippen LogP contribution in [0.3, 0.4) is 0 Å². The average molecular weight is 601 g/mol. The molecule has 1 aliphatic heterocycles. The Balaban J connectivity index is 1.53. The Kier molecular flexibility index (Phi) is 12.8. The van der Waals surface area contributed by atoms with Crippen molar-refractivity contribution in [2.24, 2.45) is 11.8 Å². The highest BCUT2D eigenvalue weighted by Gasteiger charge is 2.45. The van der Waals surface area contributed by atoms with Gasteiger partial charge in [0.15, 0.2) is 11.6 Å². The topological polar surface area (TPSA) is 94.2 Å². The SMILES string of the molecule is COCCOCCOCC(=O)NCCN1CC(C(=O)c2ccccc2)C(c2cccc(C)c2C)C(C(=O)c2ccccc2)C1. The predicted molar refractivity (Wildman–Crippen MR) is 170 cm³/mol. The molecule has 2 atom stereocenters. The summed E-state index contributed by atoms with van der Waals surface area (Å²) in [7, 11) is 1.61. The Bertz CT molecular complexity index is 1300. The summed E-state index contributed by atoms with van der Waals surface area (Å²) in [5.41, 5.74) is 4.56. The first-order valence-corrected chi connectivity index (χ1v) is 15.3. The third kappa shape index (κ3) is 8.92. The number of carbonyl (C=O) groups excluding carboxylic acids is 3. The van der Waals surface area contributed by atoms with Crippen molar-refractivity contribution in [3.05, 3.63) is 107 Å². The number of Topliss-reactive ketones (excluding diaryl/α,β-unsaturated/α-hetero) is 2. The summed E-state index contributed by atoms with van der Waals surface area (Å²) < 4.78 is 15.7. The summed E-state index contributed by atoms with van der Waals surface area (Å²) >= 11 is 0. The van der Waals surface area contributed by atoms with Crippen molar-refractivity contribution in [2.75, 3.05) is 66.3 Å². The number of hydrogen-bond acceptors (Lipinski definition) is 7. The minimum Gasteiger partial charge on any atom is -0.382 e. The molecule has 8 nitrogen and oxygen atoms in total. The first-order valence-electron chi connectivity index (χ1n) is 15.3. The van der Waals surface area contributed by atoms with E-state index in [-0.39, 0.29) is 30.0 Å². The van der Waals surface area contributed by atoms with Crippen LogP contribution in [0, 0.1) is 25.7 Å². The quantitative estimate of drug-likeness (QED) is 0.191. The fraction of sp³-hybridized carbons (Fsp3) is 0.417. The summed E-state index contributed by atoms with van der Waals surface area (Å²) in [5, 5.41) is 2.92. The van der Waals surface area contributed by atoms with E-state index in [0.29, 0.717) is 63.7 Å². The van der Waals surface area contributed by atoms with E-state index in [1.165, 1.54) is 0 Å². The van der Waals surface area contributed by atoms with Gasteiger partial charge in [0, 0.05) is 62.2 Å². The number of amides is 1. The molecule has 4 rings (SSSR count). The number of benzene rings is 3. The van der Waals surface area contributed by atoms with Gasteiger partial charge in [0.2, 0.25) is 5.91 Å². The van der Waals surface area contributed by atoms with Crippen LogP contribution < -0.4 is 5.32 Å². The Hall–Kier alpha value is -3.69. The van der Waals surface area contributed by atoms with Crippen molar-refractivity contribution >= 4 is 17.5 Å². The van der Waals surface area contributed by atoms with E-state index in [9.17, 15) is 14.4 Å². The van der Waals surface area contributed by atoms with Gasteiger partial charge in [-0.3, -0.25) is 14.4 Å². The summed E-state index contributed by atoms with van der Waals surface area (Å²) in [6, 6.07) is 24.8. The fourth-order valence-corrected chi connectivity index (χ4v) is 5.95. The standard InChI is InChI=1S/C36H44N2O6/c1-26-11-10-16-30(27(26)2)34-31(35(40)28-12-6-4-7-13-28)23-38(24-32(34)36(41)29-14-8-5-9-15-29)18-17-37-33(39)25-44-22-21-43-20-19-42-3/h4-16,31-32,34H,17-25H2,1-3H3,(H,37,39). The monoisotopic (exact) mass is 600 g/mol. The molecule has 1 fully saturated rings. The molecule has 3 aromatic carbocycles. The Labute approximate surface area is 260 Å². The van der Waals surface area contributed by atoms with Gasteiger partial charge in [0.05, 0.1) is 26.4 Å². The number of rotatable bonds is 16. The second-order valence-corrected chi connectivity index (χ2v) is 11.3. The first kappa shape index (κ1) is 33.2. The molecule has 1 N–H and O–H groups in total. The number of nitrogens with zero attached hydrogens (tertiary/aromatic N) is 1. The van der Waals surface area contributed by atoms with E-state index in [1.54, 1.807) is 7.11 Å². The van der Waals surface area contributed by atoms with E-state index in [2.05, 4.69) is 36.2 Å². The first-order chi connectivity index (χ1) is 21.4. The van der Waals surface area contributed by atoms with Crippen LogP contribution in [0.2, 0.25) is 0 Å². The second-order valence-electron chi connectivity index (χ2n) is 11.3. The lowest BCUT2D eigenvalue weighted by atomic mass is 9.67. The molecule has 44 heavy (non-hydrogen) atoms. The highest BCUT2D eigenvalue weighted by molar-refractivity contribution is 6.02. The number of methoxy groups -OCH3 is 1. The molecule has 0 spiro atoms. The molecule has 1 amide bonds. The van der Waals surface area contributed by atoms with E-state index in [1.807, 2.05) is 66.7 Å². The van der Waals surface area contributed by atoms with Crippen molar-refractivity contribution in [3.8, 4) is 0 Å². The normalized spacial score (nSPS) is 18.6. The number of ketones is 2. The lowest BCUT2D eigenvalue weighted by molar-refractivity contribution is -0.126. The van der Waals surface area contributed by atoms with Crippen LogP contribution in [0.15, 0.2) is 78.9 Å². The van der Waals surface area contributed by atoms with Gasteiger partial charge in [-0.1, -0.05) is 78.9 Å². The third-order valence-electron chi connectivity index (χ3n) is 8.36. The van der Waals surface area contributed by atoms with Gasteiger partial charge < -0.3 is 24.4 Å². The van der Waals surface area contributed by atoms with E-state index < -0.39 is 11.8 Å². The van der Waals surface area contributed by atoms with Crippen LogP contribution in [-0.2, 0) is 19.0 Å². The van der Waals surface area contributed by atoms with Crippen LogP contribution in [0.4, 0.5) is 0 Å². The molecular formula is C36H44N2O6. The summed E-state index contributed by atoms with van der Waals surface area (Å²) in [4.78, 5) is 43.0. The van der Waals surface area contributed by atoms with E-state index in [0.717, 1.165) is 16.7 Å². The smallest absolute Gasteiger partial charge is 0.246 e. The van der Waals surface area contributed by atoms with Gasteiger partial charge in [0.25, 0.3) is 0 Å². The van der Waals surface area contributed by atoms with Gasteiger partial charge in [0.1, 0.15) is 6.61 Å². The minimum absolute atomic E-state index is 0.0252. The molecule has 0 aromatic heterocycles. The van der Waals surface area contributed by atoms with Crippen molar-refractivity contribution in [2.45, 2.75) is 19.8 Å². The number of piperidine rings is 1. The molecule has 234 valence electrons. The second kappa shape index (κ2) is 17.0. The Morgan fingerprint density at radius 2 is 1.32 bits per heavy atom. The van der Waals surface area contributed by atoms with Crippen LogP contribution in [0.25, 0.3) is 0 Å². The van der Waals surface area contributed by atoms with Crippen LogP contribution in [0.5, 0.6) is 0 Å². The molecule has 3 aromatic rings. The molecule has 0 bridgehead atoms. The third-order valence-corrected chi connectivity index (χ3v) is 8.36. The molecule has 8 heteroatoms. The van der Waals surface area contributed by atoms with Crippen molar-refractivity contribution < 1.29 is 28.6 Å². The van der Waals surface area contributed by atoms with E-state index >= 15 is 0 Å². The van der Waals surface area contributed by atoms with Crippen molar-refractivity contribution in [1.82, 2.24) is 10.2 Å². The van der Waals surface area contributed by atoms with Crippen LogP contribution >= 0.6 is 0 Å². The highest BCUT2D eigenvalue weighted by atomic mass is 16.5. The zero-order chi connectivity index (χ0) is 31.3. The van der Waals surface area contributed by atoms with Gasteiger partial charge in [-0.15, -0.1) is 0 Å². The summed E-state index contributed by atoms with van der Waals surface area (Å²) in [6.07, 6.45) is 0. The van der Waals surface area contributed by atoms with Gasteiger partial charge in [-0.25, -0.2) is 0 Å². The number of carbonyl (C=O) groups is 3. The largest absolute Gasteiger partial charge is 0.382 e.